The van der Waals surface area contributed by atoms with E-state index in [0.717, 1.165) is 25.8 Å². The third-order valence-electron chi connectivity index (χ3n) is 10.3. The number of benzene rings is 1. The van der Waals surface area contributed by atoms with Crippen molar-refractivity contribution in [2.24, 2.45) is 11.8 Å². The van der Waals surface area contributed by atoms with Crippen LogP contribution in [0.1, 0.15) is 50.7 Å². The first-order valence-corrected chi connectivity index (χ1v) is 15.5. The molecule has 5 heterocycles. The molecule has 0 spiro atoms. The molecule has 4 aliphatic rings. The number of nitrogen functional groups attached to an aromatic ring is 2. The molecule has 0 amide bonds. The van der Waals surface area contributed by atoms with Gasteiger partial charge >= 0.3 is 12.2 Å². The van der Waals surface area contributed by atoms with Crippen molar-refractivity contribution in [3.05, 3.63) is 28.8 Å². The van der Waals surface area contributed by atoms with Gasteiger partial charge in [-0.05, 0) is 50.7 Å². The summed E-state index contributed by atoms with van der Waals surface area (Å²) in [4.78, 5) is 14.0. The summed E-state index contributed by atoms with van der Waals surface area (Å²) in [6, 6.07) is 0.731. The molecule has 16 heteroatoms. The van der Waals surface area contributed by atoms with E-state index in [9.17, 15) is 22.0 Å². The monoisotopic (exact) mass is 669 g/mol. The van der Waals surface area contributed by atoms with Crippen LogP contribution in [0.5, 0.6) is 11.9 Å². The highest BCUT2D eigenvalue weighted by atomic mass is 19.4. The largest absolute Gasteiger partial charge is 0.474 e. The fraction of sp³-hybridized carbons (Fsp3) is 0.581. The molecule has 3 aliphatic heterocycles. The van der Waals surface area contributed by atoms with Gasteiger partial charge in [-0.25, -0.2) is 22.5 Å². The topological polar surface area (TPSA) is 124 Å². The van der Waals surface area contributed by atoms with Crippen molar-refractivity contribution in [3.8, 4) is 23.1 Å². The van der Waals surface area contributed by atoms with Crippen LogP contribution in [-0.4, -0.2) is 69.2 Å². The van der Waals surface area contributed by atoms with Gasteiger partial charge in [-0.1, -0.05) is 6.92 Å². The molecule has 3 aromatic rings. The van der Waals surface area contributed by atoms with Crippen LogP contribution in [0.15, 0.2) is 6.07 Å². The van der Waals surface area contributed by atoms with Crippen molar-refractivity contribution in [3.63, 3.8) is 0 Å². The zero-order chi connectivity index (χ0) is 33.8. The number of piperidine rings is 1. The van der Waals surface area contributed by atoms with Crippen LogP contribution in [0.3, 0.4) is 0 Å². The van der Waals surface area contributed by atoms with Gasteiger partial charge in [-0.15, -0.1) is 0 Å². The molecular formula is C31H34F7N7O2. The Balaban J connectivity index is 1.36. The SMILES string of the molecule is CC[C@@H]1N[C@H]2CC2[C@@H]1[C@H](C)Oc1nc(-c2c(F)c(N)cc(C)c2C(F)(F)F)c(F)c2nc(OC[C@@]34CCN3CC(F)(F)C4)nc(N)c12. The number of hydrogen-bond acceptors (Lipinski definition) is 9. The van der Waals surface area contributed by atoms with Crippen molar-refractivity contribution in [2.45, 2.75) is 82.3 Å². The zero-order valence-electron chi connectivity index (χ0n) is 25.8. The second kappa shape index (κ2) is 10.7. The number of rotatable bonds is 8. The molecule has 9 nitrogen and oxygen atoms in total. The lowest BCUT2D eigenvalue weighted by molar-refractivity contribution is -0.137. The molecule has 7 rings (SSSR count). The van der Waals surface area contributed by atoms with E-state index < -0.39 is 93.8 Å². The first-order valence-electron chi connectivity index (χ1n) is 15.5. The average molecular weight is 670 g/mol. The number of alkyl halides is 5. The number of nitrogens with zero attached hydrogens (tertiary/aromatic N) is 4. The number of aryl methyl sites for hydroxylation is 1. The second-order valence-electron chi connectivity index (χ2n) is 13.3. The highest BCUT2D eigenvalue weighted by Gasteiger charge is 2.60. The number of fused-ring (bicyclic) bond motifs is 3. The van der Waals surface area contributed by atoms with E-state index >= 15 is 8.78 Å². The third kappa shape index (κ3) is 5.18. The van der Waals surface area contributed by atoms with Crippen LogP contribution in [0.4, 0.5) is 42.2 Å². The Kier molecular flexibility index (Phi) is 7.25. The molecule has 1 unspecified atom stereocenters. The van der Waals surface area contributed by atoms with E-state index in [2.05, 4.69) is 20.3 Å². The number of pyridine rings is 1. The van der Waals surface area contributed by atoms with Gasteiger partial charge in [0.05, 0.1) is 28.9 Å². The maximum atomic E-state index is 16.5. The molecule has 4 fully saturated rings. The Morgan fingerprint density at radius 3 is 2.53 bits per heavy atom. The number of halogens is 7. The number of ether oxygens (including phenoxy) is 2. The Hall–Kier alpha value is -3.66. The van der Waals surface area contributed by atoms with Gasteiger partial charge in [0.2, 0.25) is 5.88 Å². The predicted molar refractivity (Wildman–Crippen MR) is 158 cm³/mol. The molecule has 1 aromatic carbocycles. The molecule has 6 atom stereocenters. The Bertz CT molecular complexity index is 1770. The molecule has 1 aliphatic carbocycles. The molecule has 254 valence electrons. The van der Waals surface area contributed by atoms with Crippen LogP contribution in [0.25, 0.3) is 22.2 Å². The Labute approximate surface area is 265 Å². The predicted octanol–water partition coefficient (Wildman–Crippen LogP) is 5.48. The minimum Gasteiger partial charge on any atom is -0.474 e. The highest BCUT2D eigenvalue weighted by Crippen LogP contribution is 2.50. The van der Waals surface area contributed by atoms with Crippen molar-refractivity contribution >= 4 is 22.4 Å². The minimum absolute atomic E-state index is 0.00796. The molecule has 1 saturated carbocycles. The van der Waals surface area contributed by atoms with Gasteiger partial charge in [0, 0.05) is 31.0 Å². The van der Waals surface area contributed by atoms with Crippen LogP contribution in [0.2, 0.25) is 0 Å². The van der Waals surface area contributed by atoms with E-state index in [1.807, 2.05) is 6.92 Å². The van der Waals surface area contributed by atoms with E-state index in [0.29, 0.717) is 24.9 Å². The molecular weight excluding hydrogens is 635 g/mol. The third-order valence-corrected chi connectivity index (χ3v) is 10.3. The van der Waals surface area contributed by atoms with Gasteiger partial charge in [0.25, 0.3) is 5.92 Å². The van der Waals surface area contributed by atoms with E-state index in [4.69, 9.17) is 20.9 Å². The molecule has 47 heavy (non-hydrogen) atoms. The average Bonchev–Trinajstić information content (AvgIpc) is 3.59. The van der Waals surface area contributed by atoms with Crippen molar-refractivity contribution in [1.29, 1.82) is 0 Å². The number of nitrogens with two attached hydrogens (primary N) is 2. The summed E-state index contributed by atoms with van der Waals surface area (Å²) in [5, 5.41) is 3.28. The van der Waals surface area contributed by atoms with Crippen LogP contribution in [0, 0.1) is 30.4 Å². The summed E-state index contributed by atoms with van der Waals surface area (Å²) in [5.41, 5.74) is 5.59. The quantitative estimate of drug-likeness (QED) is 0.211. The Morgan fingerprint density at radius 2 is 1.89 bits per heavy atom. The maximum absolute atomic E-state index is 16.5. The van der Waals surface area contributed by atoms with E-state index in [1.165, 1.54) is 0 Å². The minimum atomic E-state index is -5.12. The lowest BCUT2D eigenvalue weighted by Crippen LogP contribution is -2.59. The number of anilines is 2. The highest BCUT2D eigenvalue weighted by molar-refractivity contribution is 5.96. The number of hydrogen-bond donors (Lipinski definition) is 3. The summed E-state index contributed by atoms with van der Waals surface area (Å²) in [5.74, 6) is -6.35. The number of nitrogens with one attached hydrogen (secondary N) is 1. The standard InChI is InChI=1S/C31H34F7N7O2/c1-4-16-18(14-8-17(14)41-16)13(3)47-27-20-25(23(33)24(42-27)19-21(31(36,37)38)12(2)7-15(39)22(19)32)43-28(44-26(20)40)46-11-29-5-6-45(29)10-30(34,35)9-29/h7,13-14,16-18,41H,4-6,8-11,39H2,1-3H3,(H2,40,43,44)/t13-,14?,16-,17-,18-,29-/m0/s1. The Morgan fingerprint density at radius 1 is 1.15 bits per heavy atom. The van der Waals surface area contributed by atoms with Crippen molar-refractivity contribution in [2.75, 3.05) is 31.2 Å². The first-order chi connectivity index (χ1) is 22.0. The van der Waals surface area contributed by atoms with Gasteiger partial charge in [0.1, 0.15) is 35.1 Å². The molecule has 0 bridgehead atoms. The molecule has 3 saturated heterocycles. The zero-order valence-corrected chi connectivity index (χ0v) is 25.8. The van der Waals surface area contributed by atoms with Gasteiger partial charge in [-0.2, -0.15) is 23.1 Å². The van der Waals surface area contributed by atoms with Crippen LogP contribution in [-0.2, 0) is 6.18 Å². The lowest BCUT2D eigenvalue weighted by atomic mass is 9.85. The molecule has 2 aromatic heterocycles. The number of aromatic nitrogens is 3. The molecule has 5 N–H and O–H groups in total. The lowest BCUT2D eigenvalue weighted by Gasteiger charge is -2.46. The fourth-order valence-corrected chi connectivity index (χ4v) is 7.97. The van der Waals surface area contributed by atoms with E-state index in [1.54, 1.807) is 11.8 Å². The smallest absolute Gasteiger partial charge is 0.417 e. The summed E-state index contributed by atoms with van der Waals surface area (Å²) >= 11 is 0. The van der Waals surface area contributed by atoms with Gasteiger partial charge < -0.3 is 26.3 Å². The van der Waals surface area contributed by atoms with Crippen molar-refractivity contribution in [1.82, 2.24) is 25.2 Å². The fourth-order valence-electron chi connectivity index (χ4n) is 7.97. The van der Waals surface area contributed by atoms with Gasteiger partial charge in [-0.3, -0.25) is 4.90 Å². The normalized spacial score (nSPS) is 28.6. The van der Waals surface area contributed by atoms with Crippen LogP contribution >= 0.6 is 0 Å². The summed E-state index contributed by atoms with van der Waals surface area (Å²) in [6.45, 7) is 4.62. The maximum Gasteiger partial charge on any atom is 0.417 e. The van der Waals surface area contributed by atoms with Crippen molar-refractivity contribution < 1.29 is 40.2 Å². The summed E-state index contributed by atoms with van der Waals surface area (Å²) in [7, 11) is 0. The van der Waals surface area contributed by atoms with Crippen LogP contribution < -0.4 is 26.3 Å². The van der Waals surface area contributed by atoms with E-state index in [-0.39, 0.29) is 29.8 Å². The first kappa shape index (κ1) is 31.9. The summed E-state index contributed by atoms with van der Waals surface area (Å²) < 4.78 is 116. The second-order valence-corrected chi connectivity index (χ2v) is 13.3. The molecule has 0 radical (unpaired) electrons. The summed E-state index contributed by atoms with van der Waals surface area (Å²) in [6.07, 6.45) is -4.00. The van der Waals surface area contributed by atoms with Gasteiger partial charge in [0.15, 0.2) is 11.6 Å².